The van der Waals surface area contributed by atoms with E-state index in [1.165, 1.54) is 12.0 Å². The van der Waals surface area contributed by atoms with Crippen molar-refractivity contribution in [3.05, 3.63) is 60.2 Å². The van der Waals surface area contributed by atoms with Crippen molar-refractivity contribution in [2.75, 3.05) is 20.1 Å². The summed E-state index contributed by atoms with van der Waals surface area (Å²) in [6.07, 6.45) is 12.9. The molecule has 0 N–H and O–H groups in total. The summed E-state index contributed by atoms with van der Waals surface area (Å²) >= 11 is 0. The molecule has 1 aromatic carbocycles. The van der Waals surface area contributed by atoms with Gasteiger partial charge in [-0.15, -0.1) is 0 Å². The number of nitrogens with zero attached hydrogens (tertiary/aromatic N) is 2. The van der Waals surface area contributed by atoms with Gasteiger partial charge in [0.1, 0.15) is 0 Å². The maximum Gasteiger partial charge on any atom is 0.0628 e. The van der Waals surface area contributed by atoms with Crippen molar-refractivity contribution in [1.29, 1.82) is 5.26 Å². The Labute approximate surface area is 153 Å². The van der Waals surface area contributed by atoms with E-state index in [4.69, 9.17) is 0 Å². The molecule has 2 unspecified atom stereocenters. The monoisotopic (exact) mass is 336 g/mol. The van der Waals surface area contributed by atoms with Crippen LogP contribution in [0.3, 0.4) is 0 Å². The summed E-state index contributed by atoms with van der Waals surface area (Å²) in [6, 6.07) is 13.1. The largest absolute Gasteiger partial charge is 0.306 e. The molecule has 25 heavy (non-hydrogen) atoms. The summed E-state index contributed by atoms with van der Waals surface area (Å²) in [5, 5.41) is 9.21. The minimum atomic E-state index is 0.130. The molecule has 0 spiro atoms. The van der Waals surface area contributed by atoms with Crippen LogP contribution in [-0.4, -0.2) is 25.0 Å². The molecule has 0 saturated heterocycles. The number of hydrogen-bond acceptors (Lipinski definition) is 2. The smallest absolute Gasteiger partial charge is 0.0628 e. The average Bonchev–Trinajstić information content (AvgIpc) is 2.62. The van der Waals surface area contributed by atoms with E-state index in [0.717, 1.165) is 25.9 Å². The van der Waals surface area contributed by atoms with E-state index < -0.39 is 0 Å². The Balaban J connectivity index is 1.86. The average molecular weight is 337 g/mol. The summed E-state index contributed by atoms with van der Waals surface area (Å²) in [5.74, 6) is 0.888. The zero-order valence-corrected chi connectivity index (χ0v) is 16.0. The Morgan fingerprint density at radius 1 is 1.16 bits per heavy atom. The van der Waals surface area contributed by atoms with Gasteiger partial charge in [-0.3, -0.25) is 0 Å². The van der Waals surface area contributed by atoms with Crippen LogP contribution in [0.5, 0.6) is 0 Å². The van der Waals surface area contributed by atoms with Crippen molar-refractivity contribution in [2.24, 2.45) is 17.3 Å². The molecule has 2 heteroatoms. The zero-order chi connectivity index (χ0) is 18.1. The Hall–Kier alpha value is -1.85. The fraction of sp³-hybridized carbons (Fsp3) is 0.522. The van der Waals surface area contributed by atoms with Crippen molar-refractivity contribution >= 4 is 0 Å². The number of allylic oxidation sites excluding steroid dienone is 4. The molecule has 0 heterocycles. The van der Waals surface area contributed by atoms with E-state index in [1.54, 1.807) is 0 Å². The number of likely N-dealkylation sites (N-methyl/N-ethyl adjacent to an activating group) is 1. The lowest BCUT2D eigenvalue weighted by molar-refractivity contribution is 0.158. The normalized spacial score (nSPS) is 22.5. The Morgan fingerprint density at radius 2 is 1.92 bits per heavy atom. The summed E-state index contributed by atoms with van der Waals surface area (Å²) in [4.78, 5) is 2.43. The van der Waals surface area contributed by atoms with Gasteiger partial charge in [-0.25, -0.2) is 0 Å². The lowest BCUT2D eigenvalue weighted by atomic mass is 9.62. The predicted octanol–water partition coefficient (Wildman–Crippen LogP) is 5.24. The first-order valence-corrected chi connectivity index (χ1v) is 9.54. The maximum atomic E-state index is 9.21. The van der Waals surface area contributed by atoms with Crippen LogP contribution in [0.1, 0.15) is 38.7 Å². The summed E-state index contributed by atoms with van der Waals surface area (Å²) in [6.45, 7) is 6.80. The number of rotatable bonds is 9. The molecule has 0 fully saturated rings. The van der Waals surface area contributed by atoms with E-state index >= 15 is 0 Å². The Kier molecular flexibility index (Phi) is 7.47. The lowest BCUT2D eigenvalue weighted by Gasteiger charge is -2.42. The SMILES string of the molecule is CC(C)C1(CCCN(C)CCc2ccccc2)C=CC=CC1CC#N. The van der Waals surface area contributed by atoms with E-state index in [1.807, 2.05) is 0 Å². The van der Waals surface area contributed by atoms with Gasteiger partial charge in [0.2, 0.25) is 0 Å². The fourth-order valence-electron chi connectivity index (χ4n) is 4.00. The van der Waals surface area contributed by atoms with E-state index in [9.17, 15) is 5.26 Å². The maximum absolute atomic E-state index is 9.21. The van der Waals surface area contributed by atoms with E-state index in [-0.39, 0.29) is 5.41 Å². The van der Waals surface area contributed by atoms with Gasteiger partial charge < -0.3 is 4.90 Å². The second kappa shape index (κ2) is 9.59. The van der Waals surface area contributed by atoms with Crippen LogP contribution in [0.2, 0.25) is 0 Å². The molecular weight excluding hydrogens is 304 g/mol. The Morgan fingerprint density at radius 3 is 2.60 bits per heavy atom. The highest BCUT2D eigenvalue weighted by Gasteiger charge is 2.38. The molecule has 1 aliphatic rings. The van der Waals surface area contributed by atoms with Crippen LogP contribution >= 0.6 is 0 Å². The fourth-order valence-corrected chi connectivity index (χ4v) is 4.00. The van der Waals surface area contributed by atoms with Gasteiger partial charge in [0, 0.05) is 13.0 Å². The molecule has 0 aromatic heterocycles. The van der Waals surface area contributed by atoms with Gasteiger partial charge in [0.05, 0.1) is 6.07 Å². The molecule has 0 amide bonds. The zero-order valence-electron chi connectivity index (χ0n) is 16.0. The molecule has 0 radical (unpaired) electrons. The molecule has 1 aromatic rings. The Bertz CT molecular complexity index is 609. The number of nitriles is 1. The predicted molar refractivity (Wildman–Crippen MR) is 106 cm³/mol. The first kappa shape index (κ1) is 19.5. The molecule has 134 valence electrons. The van der Waals surface area contributed by atoms with Gasteiger partial charge in [0.15, 0.2) is 0 Å². The van der Waals surface area contributed by atoms with Crippen molar-refractivity contribution in [2.45, 2.75) is 39.5 Å². The number of hydrogen-bond donors (Lipinski definition) is 0. The standard InChI is InChI=1S/C23H32N2/c1-20(2)23(15-8-7-12-22(23)13-17-24)16-9-18-25(3)19-14-21-10-5-4-6-11-21/h4-8,10-12,15,20,22H,9,13-14,16,18-19H2,1-3H3. The minimum absolute atomic E-state index is 0.130. The highest BCUT2D eigenvalue weighted by atomic mass is 15.1. The lowest BCUT2D eigenvalue weighted by Crippen LogP contribution is -2.35. The summed E-state index contributed by atoms with van der Waals surface area (Å²) in [5.41, 5.74) is 1.53. The van der Waals surface area contributed by atoms with E-state index in [2.05, 4.69) is 86.5 Å². The van der Waals surface area contributed by atoms with Crippen LogP contribution in [0.15, 0.2) is 54.6 Å². The molecule has 0 saturated carbocycles. The van der Waals surface area contributed by atoms with Crippen LogP contribution in [-0.2, 0) is 6.42 Å². The third-order valence-corrected chi connectivity index (χ3v) is 5.71. The highest BCUT2D eigenvalue weighted by Crippen LogP contribution is 2.46. The van der Waals surface area contributed by atoms with Gasteiger partial charge in [-0.2, -0.15) is 5.26 Å². The molecule has 2 rings (SSSR count). The third kappa shape index (κ3) is 5.31. The molecule has 0 bridgehead atoms. The van der Waals surface area contributed by atoms with Crippen molar-refractivity contribution in [3.8, 4) is 6.07 Å². The highest BCUT2D eigenvalue weighted by molar-refractivity contribution is 5.22. The van der Waals surface area contributed by atoms with Crippen molar-refractivity contribution < 1.29 is 0 Å². The molecular formula is C23H32N2. The van der Waals surface area contributed by atoms with Gasteiger partial charge >= 0.3 is 0 Å². The van der Waals surface area contributed by atoms with Crippen LogP contribution < -0.4 is 0 Å². The van der Waals surface area contributed by atoms with Crippen molar-refractivity contribution in [1.82, 2.24) is 4.90 Å². The van der Waals surface area contributed by atoms with E-state index in [0.29, 0.717) is 18.3 Å². The second-order valence-electron chi connectivity index (χ2n) is 7.62. The summed E-state index contributed by atoms with van der Waals surface area (Å²) < 4.78 is 0. The van der Waals surface area contributed by atoms with Crippen molar-refractivity contribution in [3.63, 3.8) is 0 Å². The topological polar surface area (TPSA) is 27.0 Å². The van der Waals surface area contributed by atoms with Gasteiger partial charge in [-0.1, -0.05) is 68.5 Å². The minimum Gasteiger partial charge on any atom is -0.306 e. The second-order valence-corrected chi connectivity index (χ2v) is 7.62. The summed E-state index contributed by atoms with van der Waals surface area (Å²) in [7, 11) is 2.22. The molecule has 2 nitrogen and oxygen atoms in total. The first-order valence-electron chi connectivity index (χ1n) is 9.54. The van der Waals surface area contributed by atoms with Crippen LogP contribution in [0, 0.1) is 28.6 Å². The quantitative estimate of drug-likeness (QED) is 0.616. The number of benzene rings is 1. The third-order valence-electron chi connectivity index (χ3n) is 5.71. The molecule has 2 atom stereocenters. The molecule has 1 aliphatic carbocycles. The van der Waals surface area contributed by atoms with Crippen LogP contribution in [0.4, 0.5) is 0 Å². The van der Waals surface area contributed by atoms with Gasteiger partial charge in [-0.05, 0) is 55.7 Å². The van der Waals surface area contributed by atoms with Gasteiger partial charge in [0.25, 0.3) is 0 Å². The first-order chi connectivity index (χ1) is 12.1. The van der Waals surface area contributed by atoms with Crippen LogP contribution in [0.25, 0.3) is 0 Å². The molecule has 0 aliphatic heterocycles.